The summed E-state index contributed by atoms with van der Waals surface area (Å²) >= 11 is 2.11. The van der Waals surface area contributed by atoms with Gasteiger partial charge in [0.1, 0.15) is 5.75 Å². The Morgan fingerprint density at radius 3 is 2.11 bits per heavy atom. The molecule has 0 bridgehead atoms. The maximum atomic E-state index is 12.7. The Bertz CT molecular complexity index is 987. The second-order valence-corrected chi connectivity index (χ2v) is 7.05. The van der Waals surface area contributed by atoms with Crippen LogP contribution in [0.4, 0.5) is 11.4 Å². The van der Waals surface area contributed by atoms with Gasteiger partial charge in [-0.1, -0.05) is 24.3 Å². The molecule has 0 saturated heterocycles. The molecule has 0 heterocycles. The van der Waals surface area contributed by atoms with Crippen molar-refractivity contribution in [3.8, 4) is 5.75 Å². The first-order valence-electron chi connectivity index (χ1n) is 8.77. The van der Waals surface area contributed by atoms with Gasteiger partial charge in [0.25, 0.3) is 11.8 Å². The summed E-state index contributed by atoms with van der Waals surface area (Å²) < 4.78 is 6.25. The number of para-hydroxylation sites is 1. The predicted octanol–water partition coefficient (Wildman–Crippen LogP) is 5.19. The molecule has 0 atom stereocenters. The van der Waals surface area contributed by atoms with Gasteiger partial charge < -0.3 is 15.4 Å². The van der Waals surface area contributed by atoms with Crippen LogP contribution in [0.15, 0.2) is 72.8 Å². The van der Waals surface area contributed by atoms with Crippen molar-refractivity contribution in [3.63, 3.8) is 0 Å². The van der Waals surface area contributed by atoms with Crippen molar-refractivity contribution < 1.29 is 14.3 Å². The summed E-state index contributed by atoms with van der Waals surface area (Å²) in [5.41, 5.74) is 2.04. The van der Waals surface area contributed by atoms with E-state index in [1.165, 1.54) is 0 Å². The fourth-order valence-electron chi connectivity index (χ4n) is 2.62. The first-order chi connectivity index (χ1) is 13.6. The Kier molecular flexibility index (Phi) is 6.65. The molecular weight excluding hydrogens is 467 g/mol. The minimum atomic E-state index is -0.303. The van der Waals surface area contributed by atoms with Crippen LogP contribution < -0.4 is 15.4 Å². The topological polar surface area (TPSA) is 67.4 Å². The van der Waals surface area contributed by atoms with Gasteiger partial charge in [-0.15, -0.1) is 0 Å². The van der Waals surface area contributed by atoms with Crippen LogP contribution in [-0.4, -0.2) is 18.4 Å². The largest absolute Gasteiger partial charge is 0.494 e. The first-order valence-corrected chi connectivity index (χ1v) is 9.85. The number of carbonyl (C=O) groups excluding carboxylic acids is 2. The summed E-state index contributed by atoms with van der Waals surface area (Å²) in [4.78, 5) is 25.3. The molecule has 0 aliphatic carbocycles. The van der Waals surface area contributed by atoms with Gasteiger partial charge in [-0.25, -0.2) is 0 Å². The summed E-state index contributed by atoms with van der Waals surface area (Å²) in [6.07, 6.45) is 0. The summed E-state index contributed by atoms with van der Waals surface area (Å²) in [7, 11) is 0. The van der Waals surface area contributed by atoms with Gasteiger partial charge in [0.05, 0.1) is 23.4 Å². The van der Waals surface area contributed by atoms with Crippen LogP contribution in [0, 0.1) is 3.57 Å². The molecule has 3 rings (SSSR count). The molecule has 0 aliphatic rings. The molecule has 142 valence electrons. The van der Waals surface area contributed by atoms with E-state index in [9.17, 15) is 9.59 Å². The Morgan fingerprint density at radius 2 is 1.43 bits per heavy atom. The van der Waals surface area contributed by atoms with Gasteiger partial charge in [-0.3, -0.25) is 9.59 Å². The van der Waals surface area contributed by atoms with Crippen LogP contribution >= 0.6 is 22.6 Å². The van der Waals surface area contributed by atoms with Crippen LogP contribution in [0.5, 0.6) is 5.75 Å². The van der Waals surface area contributed by atoms with Crippen LogP contribution in [0.2, 0.25) is 0 Å². The number of anilines is 2. The summed E-state index contributed by atoms with van der Waals surface area (Å²) in [5.74, 6) is 0.180. The third-order valence-electron chi connectivity index (χ3n) is 3.96. The molecule has 0 aromatic heterocycles. The molecule has 0 fully saturated rings. The van der Waals surface area contributed by atoms with E-state index in [1.54, 1.807) is 54.6 Å². The minimum Gasteiger partial charge on any atom is -0.494 e. The molecular formula is C22H19IN2O3. The quantitative estimate of drug-likeness (QED) is 0.471. The van der Waals surface area contributed by atoms with E-state index < -0.39 is 0 Å². The van der Waals surface area contributed by atoms with E-state index >= 15 is 0 Å². The number of rotatable bonds is 6. The number of carbonyl (C=O) groups is 2. The highest BCUT2D eigenvalue weighted by Gasteiger charge is 2.15. The number of nitrogens with one attached hydrogen (secondary N) is 2. The van der Waals surface area contributed by atoms with Gasteiger partial charge in [-0.2, -0.15) is 0 Å². The summed E-state index contributed by atoms with van der Waals surface area (Å²) in [6, 6.07) is 21.4. The number of ether oxygens (including phenoxy) is 1. The highest BCUT2D eigenvalue weighted by Crippen LogP contribution is 2.21. The average Bonchev–Trinajstić information content (AvgIpc) is 2.70. The van der Waals surface area contributed by atoms with Gasteiger partial charge in [0.15, 0.2) is 0 Å². The summed E-state index contributed by atoms with van der Waals surface area (Å²) in [6.45, 7) is 2.50. The Balaban J connectivity index is 1.76. The standard InChI is InChI=1S/C22H19IN2O3/c1-2-28-16-13-11-15(12-14-16)24-22(27)18-8-4-6-10-20(18)25-21(26)17-7-3-5-9-19(17)23/h3-14H,2H2,1H3,(H,24,27)(H,25,26). The fourth-order valence-corrected chi connectivity index (χ4v) is 3.26. The molecule has 0 radical (unpaired) electrons. The maximum Gasteiger partial charge on any atom is 0.257 e. The SMILES string of the molecule is CCOc1ccc(NC(=O)c2ccccc2NC(=O)c2ccccc2I)cc1. The number of benzene rings is 3. The molecule has 0 unspecified atom stereocenters. The fraction of sp³-hybridized carbons (Fsp3) is 0.0909. The molecule has 3 aromatic carbocycles. The van der Waals surface area contributed by atoms with Crippen LogP contribution in [0.25, 0.3) is 0 Å². The van der Waals surface area contributed by atoms with Crippen molar-refractivity contribution in [2.75, 3.05) is 17.2 Å². The average molecular weight is 486 g/mol. The lowest BCUT2D eigenvalue weighted by molar-refractivity contribution is 0.102. The number of amides is 2. The Hall–Kier alpha value is -2.87. The maximum absolute atomic E-state index is 12.7. The van der Waals surface area contributed by atoms with Crippen molar-refractivity contribution >= 4 is 45.8 Å². The van der Waals surface area contributed by atoms with E-state index in [0.29, 0.717) is 29.1 Å². The Labute approximate surface area is 177 Å². The monoisotopic (exact) mass is 486 g/mol. The highest BCUT2D eigenvalue weighted by molar-refractivity contribution is 14.1. The zero-order valence-electron chi connectivity index (χ0n) is 15.2. The molecule has 2 amide bonds. The zero-order valence-corrected chi connectivity index (χ0v) is 17.4. The zero-order chi connectivity index (χ0) is 19.9. The lowest BCUT2D eigenvalue weighted by Gasteiger charge is -2.12. The number of hydrogen-bond donors (Lipinski definition) is 2. The molecule has 28 heavy (non-hydrogen) atoms. The van der Waals surface area contributed by atoms with E-state index in [4.69, 9.17) is 4.74 Å². The second kappa shape index (κ2) is 9.36. The molecule has 0 aliphatic heterocycles. The minimum absolute atomic E-state index is 0.258. The van der Waals surface area contributed by atoms with Gasteiger partial charge in [0.2, 0.25) is 0 Å². The Morgan fingerprint density at radius 1 is 0.821 bits per heavy atom. The second-order valence-electron chi connectivity index (χ2n) is 5.89. The van der Waals surface area contributed by atoms with Gasteiger partial charge in [0, 0.05) is 9.26 Å². The molecule has 0 spiro atoms. The van der Waals surface area contributed by atoms with Gasteiger partial charge in [-0.05, 0) is 78.0 Å². The van der Waals surface area contributed by atoms with Crippen LogP contribution in [-0.2, 0) is 0 Å². The molecule has 5 nitrogen and oxygen atoms in total. The first kappa shape index (κ1) is 19.9. The van der Waals surface area contributed by atoms with Crippen molar-refractivity contribution in [2.45, 2.75) is 6.92 Å². The number of hydrogen-bond acceptors (Lipinski definition) is 3. The van der Waals surface area contributed by atoms with Crippen molar-refractivity contribution in [1.82, 2.24) is 0 Å². The van der Waals surface area contributed by atoms with Crippen LogP contribution in [0.1, 0.15) is 27.6 Å². The smallest absolute Gasteiger partial charge is 0.257 e. The lowest BCUT2D eigenvalue weighted by atomic mass is 10.1. The lowest BCUT2D eigenvalue weighted by Crippen LogP contribution is -2.18. The normalized spacial score (nSPS) is 10.2. The molecule has 3 aromatic rings. The summed E-state index contributed by atoms with van der Waals surface area (Å²) in [5, 5.41) is 5.68. The number of halogens is 1. The van der Waals surface area contributed by atoms with Crippen molar-refractivity contribution in [3.05, 3.63) is 87.5 Å². The molecule has 0 saturated carbocycles. The predicted molar refractivity (Wildman–Crippen MR) is 119 cm³/mol. The van der Waals surface area contributed by atoms with E-state index in [0.717, 1.165) is 9.32 Å². The van der Waals surface area contributed by atoms with E-state index in [2.05, 4.69) is 33.2 Å². The van der Waals surface area contributed by atoms with E-state index in [1.807, 2.05) is 25.1 Å². The molecule has 2 N–H and O–H groups in total. The van der Waals surface area contributed by atoms with Crippen molar-refractivity contribution in [2.24, 2.45) is 0 Å². The third-order valence-corrected chi connectivity index (χ3v) is 4.90. The highest BCUT2D eigenvalue weighted by atomic mass is 127. The van der Waals surface area contributed by atoms with Crippen LogP contribution in [0.3, 0.4) is 0 Å². The van der Waals surface area contributed by atoms with Gasteiger partial charge >= 0.3 is 0 Å². The van der Waals surface area contributed by atoms with E-state index in [-0.39, 0.29) is 11.8 Å². The molecule has 6 heteroatoms. The third kappa shape index (κ3) is 4.89. The van der Waals surface area contributed by atoms with Crippen molar-refractivity contribution in [1.29, 1.82) is 0 Å².